The number of hydrogen-bond donors (Lipinski definition) is 0. The molecular weight excluding hydrogens is 266 g/mol. The molecule has 2 aromatic rings. The van der Waals surface area contributed by atoms with Crippen molar-refractivity contribution in [3.63, 3.8) is 0 Å². The third-order valence-electron chi connectivity index (χ3n) is 3.92. The number of benzene rings is 1. The van der Waals surface area contributed by atoms with E-state index in [1.54, 1.807) is 11.3 Å². The van der Waals surface area contributed by atoms with E-state index < -0.39 is 0 Å². The van der Waals surface area contributed by atoms with Crippen LogP contribution in [-0.4, -0.2) is 17.2 Å². The summed E-state index contributed by atoms with van der Waals surface area (Å²) >= 11 is 1.79. The van der Waals surface area contributed by atoms with Crippen LogP contribution in [0.5, 0.6) is 0 Å². The van der Waals surface area contributed by atoms with Crippen molar-refractivity contribution in [2.75, 3.05) is 6.61 Å². The van der Waals surface area contributed by atoms with E-state index in [0.29, 0.717) is 5.92 Å². The molecule has 2 heterocycles. The Morgan fingerprint density at radius 3 is 2.70 bits per heavy atom. The summed E-state index contributed by atoms with van der Waals surface area (Å²) in [6.45, 7) is 7.30. The number of rotatable bonds is 2. The monoisotopic (exact) mass is 287 g/mol. The fourth-order valence-corrected chi connectivity index (χ4v) is 3.74. The van der Waals surface area contributed by atoms with Gasteiger partial charge in [0.2, 0.25) is 0 Å². The van der Waals surface area contributed by atoms with Gasteiger partial charge in [-0.05, 0) is 33.6 Å². The topological polar surface area (TPSA) is 22.1 Å². The van der Waals surface area contributed by atoms with Crippen LogP contribution < -0.4 is 0 Å². The number of hydrogen-bond acceptors (Lipinski definition) is 3. The summed E-state index contributed by atoms with van der Waals surface area (Å²) in [7, 11) is 0. The highest BCUT2D eigenvalue weighted by atomic mass is 32.1. The van der Waals surface area contributed by atoms with Gasteiger partial charge in [-0.3, -0.25) is 0 Å². The maximum atomic E-state index is 5.80. The highest BCUT2D eigenvalue weighted by molar-refractivity contribution is 7.10. The third-order valence-corrected chi connectivity index (χ3v) is 4.92. The first-order valence-electron chi connectivity index (χ1n) is 7.20. The second kappa shape index (κ2) is 5.30. The van der Waals surface area contributed by atoms with Crippen LogP contribution in [0, 0.1) is 6.92 Å². The molecule has 1 aliphatic heterocycles. The summed E-state index contributed by atoms with van der Waals surface area (Å²) in [6.07, 6.45) is 2.15. The van der Waals surface area contributed by atoms with Crippen LogP contribution in [0.3, 0.4) is 0 Å². The van der Waals surface area contributed by atoms with E-state index in [0.717, 1.165) is 25.1 Å². The van der Waals surface area contributed by atoms with Crippen molar-refractivity contribution in [1.82, 2.24) is 4.98 Å². The van der Waals surface area contributed by atoms with Gasteiger partial charge in [0.15, 0.2) is 0 Å². The number of aryl methyl sites for hydroxylation is 1. The van der Waals surface area contributed by atoms with Gasteiger partial charge in [-0.2, -0.15) is 0 Å². The molecule has 0 bridgehead atoms. The average molecular weight is 287 g/mol. The summed E-state index contributed by atoms with van der Waals surface area (Å²) in [6, 6.07) is 8.60. The molecule has 1 aromatic heterocycles. The molecule has 0 spiro atoms. The predicted octanol–water partition coefficient (Wildman–Crippen LogP) is 4.79. The normalized spacial score (nSPS) is 21.9. The van der Waals surface area contributed by atoms with E-state index in [1.807, 2.05) is 0 Å². The van der Waals surface area contributed by atoms with Gasteiger partial charge in [0.1, 0.15) is 0 Å². The van der Waals surface area contributed by atoms with E-state index in [-0.39, 0.29) is 5.60 Å². The van der Waals surface area contributed by atoms with E-state index in [9.17, 15) is 0 Å². The van der Waals surface area contributed by atoms with Gasteiger partial charge in [0.05, 0.1) is 16.3 Å². The first kappa shape index (κ1) is 13.8. The lowest BCUT2D eigenvalue weighted by Gasteiger charge is -2.34. The van der Waals surface area contributed by atoms with Crippen LogP contribution in [0.15, 0.2) is 29.6 Å². The highest BCUT2D eigenvalue weighted by Crippen LogP contribution is 2.38. The van der Waals surface area contributed by atoms with Gasteiger partial charge in [-0.15, -0.1) is 11.3 Å². The second-order valence-corrected chi connectivity index (χ2v) is 7.12. The van der Waals surface area contributed by atoms with Crippen LogP contribution in [0.2, 0.25) is 0 Å². The fraction of sp³-hybridized carbons (Fsp3) is 0.471. The Morgan fingerprint density at radius 1 is 1.25 bits per heavy atom. The molecule has 0 amide bonds. The Kier molecular flexibility index (Phi) is 3.65. The first-order chi connectivity index (χ1) is 9.53. The molecular formula is C17H21NOS. The van der Waals surface area contributed by atoms with Gasteiger partial charge in [0.25, 0.3) is 0 Å². The number of thiazole rings is 1. The summed E-state index contributed by atoms with van der Waals surface area (Å²) in [5.74, 6) is 0.544. The molecule has 0 N–H and O–H groups in total. The van der Waals surface area contributed by atoms with E-state index in [1.165, 1.54) is 16.1 Å². The lowest BCUT2D eigenvalue weighted by Crippen LogP contribution is -2.32. The second-order valence-electron chi connectivity index (χ2n) is 6.23. The summed E-state index contributed by atoms with van der Waals surface area (Å²) in [5, 5.41) is 3.44. The zero-order valence-corrected chi connectivity index (χ0v) is 13.2. The molecule has 3 heteroatoms. The Morgan fingerprint density at radius 2 is 2.00 bits per heavy atom. The van der Waals surface area contributed by atoms with Gasteiger partial charge < -0.3 is 4.74 Å². The molecule has 20 heavy (non-hydrogen) atoms. The van der Waals surface area contributed by atoms with Crippen molar-refractivity contribution in [2.24, 2.45) is 0 Å². The van der Waals surface area contributed by atoms with Crippen molar-refractivity contribution in [3.05, 3.63) is 40.2 Å². The van der Waals surface area contributed by atoms with Crippen molar-refractivity contribution in [1.29, 1.82) is 0 Å². The predicted molar refractivity (Wildman–Crippen MR) is 84.3 cm³/mol. The van der Waals surface area contributed by atoms with E-state index in [4.69, 9.17) is 9.72 Å². The molecule has 3 rings (SSSR count). The van der Waals surface area contributed by atoms with Gasteiger partial charge in [0, 0.05) is 23.5 Å². The zero-order chi connectivity index (χ0) is 14.2. The minimum Gasteiger partial charge on any atom is -0.376 e. The van der Waals surface area contributed by atoms with Gasteiger partial charge >= 0.3 is 0 Å². The minimum atomic E-state index is -0.0153. The summed E-state index contributed by atoms with van der Waals surface area (Å²) < 4.78 is 5.80. The van der Waals surface area contributed by atoms with Crippen LogP contribution in [0.1, 0.15) is 43.2 Å². The Balaban J connectivity index is 1.81. The first-order valence-corrected chi connectivity index (χ1v) is 8.08. The van der Waals surface area contributed by atoms with E-state index >= 15 is 0 Å². The van der Waals surface area contributed by atoms with Crippen molar-refractivity contribution in [3.8, 4) is 11.3 Å². The number of nitrogens with zero attached hydrogens (tertiary/aromatic N) is 1. The Labute approximate surface area is 124 Å². The molecule has 1 unspecified atom stereocenters. The molecule has 0 radical (unpaired) electrons. The lowest BCUT2D eigenvalue weighted by molar-refractivity contribution is -0.0593. The van der Waals surface area contributed by atoms with Gasteiger partial charge in [-0.1, -0.05) is 29.8 Å². The number of aromatic nitrogens is 1. The Bertz CT molecular complexity index is 585. The molecule has 1 fully saturated rings. The molecule has 1 atom stereocenters. The van der Waals surface area contributed by atoms with Crippen molar-refractivity contribution >= 4 is 11.3 Å². The fourth-order valence-electron chi connectivity index (χ4n) is 2.77. The summed E-state index contributed by atoms with van der Waals surface area (Å²) in [5.41, 5.74) is 3.59. The standard InChI is InChI=1S/C17H21NOS/c1-12-4-6-13(7-5-12)15-11-20-16(18-15)14-8-9-19-17(2,3)10-14/h4-7,11,14H,8-10H2,1-3H3. The van der Waals surface area contributed by atoms with Crippen LogP contribution in [0.4, 0.5) is 0 Å². The molecule has 1 aliphatic rings. The molecule has 1 saturated heterocycles. The SMILES string of the molecule is Cc1ccc(-c2csc(C3CCOC(C)(C)C3)n2)cc1. The molecule has 0 saturated carbocycles. The zero-order valence-electron chi connectivity index (χ0n) is 12.3. The minimum absolute atomic E-state index is 0.0153. The lowest BCUT2D eigenvalue weighted by atomic mass is 9.89. The molecule has 2 nitrogen and oxygen atoms in total. The molecule has 1 aromatic carbocycles. The van der Waals surface area contributed by atoms with Crippen molar-refractivity contribution in [2.45, 2.75) is 45.1 Å². The van der Waals surface area contributed by atoms with Gasteiger partial charge in [-0.25, -0.2) is 4.98 Å². The number of ether oxygens (including phenoxy) is 1. The maximum absolute atomic E-state index is 5.80. The third kappa shape index (κ3) is 2.94. The van der Waals surface area contributed by atoms with Crippen LogP contribution in [-0.2, 0) is 4.74 Å². The molecule has 106 valence electrons. The molecule has 0 aliphatic carbocycles. The maximum Gasteiger partial charge on any atom is 0.0965 e. The van der Waals surface area contributed by atoms with Crippen LogP contribution >= 0.6 is 11.3 Å². The quantitative estimate of drug-likeness (QED) is 0.792. The van der Waals surface area contributed by atoms with Crippen molar-refractivity contribution < 1.29 is 4.74 Å². The Hall–Kier alpha value is -1.19. The summed E-state index contributed by atoms with van der Waals surface area (Å²) in [4.78, 5) is 4.86. The highest BCUT2D eigenvalue weighted by Gasteiger charge is 2.31. The smallest absolute Gasteiger partial charge is 0.0965 e. The van der Waals surface area contributed by atoms with E-state index in [2.05, 4.69) is 50.4 Å². The van der Waals surface area contributed by atoms with Crippen LogP contribution in [0.25, 0.3) is 11.3 Å². The average Bonchev–Trinajstić information content (AvgIpc) is 2.88. The largest absolute Gasteiger partial charge is 0.376 e.